The van der Waals surface area contributed by atoms with Crippen LogP contribution < -0.4 is 15.9 Å². The van der Waals surface area contributed by atoms with Crippen LogP contribution in [0.1, 0.15) is 64.7 Å². The molecular formula is C31H32F2N4O6. The van der Waals surface area contributed by atoms with Crippen molar-refractivity contribution in [2.75, 3.05) is 6.54 Å². The van der Waals surface area contributed by atoms with Crippen LogP contribution >= 0.6 is 0 Å². The molecule has 3 aliphatic heterocycles. The zero-order valence-electron chi connectivity index (χ0n) is 23.7. The molecule has 3 aromatic rings. The Morgan fingerprint density at radius 3 is 2.60 bits per heavy atom. The third kappa shape index (κ3) is 4.79. The maximum Gasteiger partial charge on any atom is 0.274 e. The molecule has 2 fully saturated rings. The standard InChI is InChI=1S/C31H32F2N4O6/c1-17-10-11-31(28(39)18(2)37(43-31)13-20-8-9-21(32)12-23(20)33)24-15-35(17)30(41)25-27(42-16-19-6-4-3-5-7-19)26(38)22(29(34)40)14-36(24)25/h3-9,12,14,17-18,24,28,39H,10-11,13,15-16H2,1-2H3,(H2,34,40). The van der Waals surface area contributed by atoms with E-state index in [9.17, 15) is 28.3 Å². The summed E-state index contributed by atoms with van der Waals surface area (Å²) in [6.07, 6.45) is 0.871. The average Bonchev–Trinajstić information content (AvgIpc) is 3.13. The maximum absolute atomic E-state index is 14.6. The summed E-state index contributed by atoms with van der Waals surface area (Å²) in [6.45, 7) is 3.59. The summed E-state index contributed by atoms with van der Waals surface area (Å²) in [5.74, 6) is -3.22. The Balaban J connectivity index is 1.47. The third-order valence-corrected chi connectivity index (χ3v) is 8.94. The van der Waals surface area contributed by atoms with E-state index < -0.39 is 52.7 Å². The van der Waals surface area contributed by atoms with Crippen LogP contribution in [0.3, 0.4) is 0 Å². The van der Waals surface area contributed by atoms with Crippen LogP contribution in [0.15, 0.2) is 59.5 Å². The molecule has 43 heavy (non-hydrogen) atoms. The number of primary amides is 1. The summed E-state index contributed by atoms with van der Waals surface area (Å²) < 4.78 is 35.6. The SMILES string of the molecule is CC1C(O)C2(CCC(C)N3CC2n2cc(C(N)=O)c(=O)c(OCc4ccccc4)c2C3=O)ON1Cc1ccc(F)cc1F. The van der Waals surface area contributed by atoms with Crippen molar-refractivity contribution >= 4 is 11.8 Å². The number of hydrogen-bond donors (Lipinski definition) is 2. The van der Waals surface area contributed by atoms with Crippen LogP contribution in [0.25, 0.3) is 0 Å². The van der Waals surface area contributed by atoms with Gasteiger partial charge in [0.15, 0.2) is 11.4 Å². The molecule has 3 N–H and O–H groups in total. The average molecular weight is 595 g/mol. The summed E-state index contributed by atoms with van der Waals surface area (Å²) >= 11 is 0. The molecule has 0 radical (unpaired) electrons. The van der Waals surface area contributed by atoms with Crippen LogP contribution in [0.2, 0.25) is 0 Å². The summed E-state index contributed by atoms with van der Waals surface area (Å²) in [7, 11) is 0. The third-order valence-electron chi connectivity index (χ3n) is 8.94. The van der Waals surface area contributed by atoms with Crippen LogP contribution in [-0.4, -0.2) is 61.8 Å². The Kier molecular flexibility index (Phi) is 7.31. The first kappa shape index (κ1) is 29.0. The highest BCUT2D eigenvalue weighted by Gasteiger charge is 2.61. The van der Waals surface area contributed by atoms with E-state index in [-0.39, 0.29) is 48.3 Å². The lowest BCUT2D eigenvalue weighted by atomic mass is 9.81. The molecule has 2 aromatic carbocycles. The minimum Gasteiger partial charge on any atom is -0.483 e. The lowest BCUT2D eigenvalue weighted by Crippen LogP contribution is -2.56. The molecule has 10 nitrogen and oxygen atoms in total. The van der Waals surface area contributed by atoms with Gasteiger partial charge >= 0.3 is 0 Å². The fourth-order valence-electron chi connectivity index (χ4n) is 6.49. The molecule has 226 valence electrons. The Bertz CT molecular complexity index is 1650. The lowest BCUT2D eigenvalue weighted by molar-refractivity contribution is -0.232. The Morgan fingerprint density at radius 1 is 1.16 bits per heavy atom. The maximum atomic E-state index is 14.6. The number of hydroxylamine groups is 2. The molecule has 2 amide bonds. The van der Waals surface area contributed by atoms with Gasteiger partial charge < -0.3 is 25.0 Å². The molecule has 5 atom stereocenters. The van der Waals surface area contributed by atoms with Crippen molar-refractivity contribution in [1.82, 2.24) is 14.5 Å². The summed E-state index contributed by atoms with van der Waals surface area (Å²) in [4.78, 5) is 48.1. The molecule has 0 aliphatic carbocycles. The highest BCUT2D eigenvalue weighted by Crippen LogP contribution is 2.49. The molecule has 2 bridgehead atoms. The molecule has 4 heterocycles. The number of amides is 2. The number of aliphatic hydroxyl groups is 1. The minimum atomic E-state index is -1.34. The van der Waals surface area contributed by atoms with Gasteiger partial charge in [-0.1, -0.05) is 36.4 Å². The van der Waals surface area contributed by atoms with Crippen molar-refractivity contribution in [2.24, 2.45) is 5.73 Å². The molecule has 2 saturated heterocycles. The van der Waals surface area contributed by atoms with Gasteiger partial charge in [0, 0.05) is 30.4 Å². The van der Waals surface area contributed by atoms with E-state index in [1.165, 1.54) is 21.9 Å². The van der Waals surface area contributed by atoms with Crippen LogP contribution in [0.4, 0.5) is 8.78 Å². The van der Waals surface area contributed by atoms with Crippen LogP contribution in [-0.2, 0) is 18.0 Å². The predicted octanol–water partition coefficient (Wildman–Crippen LogP) is 2.92. The van der Waals surface area contributed by atoms with Crippen molar-refractivity contribution in [3.05, 3.63) is 99.0 Å². The molecule has 6 rings (SSSR count). The number of carbonyl (C=O) groups is 2. The normalized spacial score (nSPS) is 26.8. The van der Waals surface area contributed by atoms with Gasteiger partial charge in [0.25, 0.3) is 11.8 Å². The molecule has 12 heteroatoms. The summed E-state index contributed by atoms with van der Waals surface area (Å²) in [5, 5.41) is 13.2. The molecular weight excluding hydrogens is 562 g/mol. The molecule has 1 spiro atoms. The Hall–Kier alpha value is -4.13. The second-order valence-corrected chi connectivity index (χ2v) is 11.5. The van der Waals surface area contributed by atoms with E-state index in [0.29, 0.717) is 12.8 Å². The first-order chi connectivity index (χ1) is 20.5. The molecule has 1 aromatic heterocycles. The van der Waals surface area contributed by atoms with E-state index in [1.54, 1.807) is 36.1 Å². The monoisotopic (exact) mass is 594 g/mol. The number of pyridine rings is 1. The fraction of sp³-hybridized carbons (Fsp3) is 0.387. The molecule has 0 saturated carbocycles. The van der Waals surface area contributed by atoms with Crippen molar-refractivity contribution in [2.45, 2.75) is 69.7 Å². The lowest BCUT2D eigenvalue weighted by Gasteiger charge is -2.44. The van der Waals surface area contributed by atoms with Crippen molar-refractivity contribution < 1.29 is 33.1 Å². The minimum absolute atomic E-state index is 0.0445. The van der Waals surface area contributed by atoms with Crippen LogP contribution in [0.5, 0.6) is 5.75 Å². The number of benzene rings is 2. The van der Waals surface area contributed by atoms with Gasteiger partial charge in [0.05, 0.1) is 18.6 Å². The number of carbonyl (C=O) groups excluding carboxylic acids is 2. The number of nitrogens with zero attached hydrogens (tertiary/aromatic N) is 3. The zero-order valence-corrected chi connectivity index (χ0v) is 23.7. The van der Waals surface area contributed by atoms with Gasteiger partial charge in [0.2, 0.25) is 5.43 Å². The summed E-state index contributed by atoms with van der Waals surface area (Å²) in [6, 6.07) is 10.6. The smallest absolute Gasteiger partial charge is 0.274 e. The van der Waals surface area contributed by atoms with Gasteiger partial charge in [-0.05, 0) is 38.3 Å². The van der Waals surface area contributed by atoms with Gasteiger partial charge in [-0.2, -0.15) is 5.06 Å². The number of ether oxygens (including phenoxy) is 1. The Labute approximate surface area is 246 Å². The largest absolute Gasteiger partial charge is 0.483 e. The van der Waals surface area contributed by atoms with Crippen molar-refractivity contribution in [3.63, 3.8) is 0 Å². The van der Waals surface area contributed by atoms with Gasteiger partial charge in [-0.15, -0.1) is 0 Å². The van der Waals surface area contributed by atoms with E-state index >= 15 is 0 Å². The molecule has 5 unspecified atom stereocenters. The van der Waals surface area contributed by atoms with E-state index in [4.69, 9.17) is 15.3 Å². The second kappa shape index (κ2) is 10.9. The fourth-order valence-corrected chi connectivity index (χ4v) is 6.49. The highest BCUT2D eigenvalue weighted by molar-refractivity contribution is 5.99. The topological polar surface area (TPSA) is 127 Å². The summed E-state index contributed by atoms with van der Waals surface area (Å²) in [5.41, 5.74) is 3.95. The number of hydrogen-bond acceptors (Lipinski definition) is 7. The molecule has 3 aliphatic rings. The van der Waals surface area contributed by atoms with Crippen molar-refractivity contribution in [1.29, 1.82) is 0 Å². The van der Waals surface area contributed by atoms with Gasteiger partial charge in [-0.3, -0.25) is 19.2 Å². The Morgan fingerprint density at radius 2 is 1.91 bits per heavy atom. The number of fused-ring (bicyclic) bond motifs is 5. The first-order valence-corrected chi connectivity index (χ1v) is 14.2. The van der Waals surface area contributed by atoms with E-state index in [0.717, 1.165) is 17.7 Å². The number of rotatable bonds is 6. The van der Waals surface area contributed by atoms with Gasteiger partial charge in [0.1, 0.15) is 35.5 Å². The number of aliphatic hydroxyl groups excluding tert-OH is 1. The quantitative estimate of drug-likeness (QED) is 0.449. The number of halogens is 2. The zero-order chi connectivity index (χ0) is 30.6. The van der Waals surface area contributed by atoms with Crippen molar-refractivity contribution in [3.8, 4) is 5.75 Å². The first-order valence-electron chi connectivity index (χ1n) is 14.2. The van der Waals surface area contributed by atoms with Gasteiger partial charge in [-0.25, -0.2) is 8.78 Å². The number of nitrogens with two attached hydrogens (primary N) is 1. The van der Waals surface area contributed by atoms with Crippen LogP contribution in [0, 0.1) is 11.6 Å². The van der Waals surface area contributed by atoms with E-state index in [1.807, 2.05) is 13.0 Å². The second-order valence-electron chi connectivity index (χ2n) is 11.5. The van der Waals surface area contributed by atoms with E-state index in [2.05, 4.69) is 0 Å². The predicted molar refractivity (Wildman–Crippen MR) is 150 cm³/mol. The number of aromatic nitrogens is 1. The highest BCUT2D eigenvalue weighted by atomic mass is 19.1.